The van der Waals surface area contributed by atoms with Crippen LogP contribution in [0.25, 0.3) is 0 Å². The molecule has 0 aliphatic heterocycles. The first-order valence-corrected chi connectivity index (χ1v) is 9.75. The zero-order chi connectivity index (χ0) is 20.0. The summed E-state index contributed by atoms with van der Waals surface area (Å²) < 4.78 is 38.1. The van der Waals surface area contributed by atoms with Gasteiger partial charge in [0.15, 0.2) is 0 Å². The van der Waals surface area contributed by atoms with Crippen molar-refractivity contribution >= 4 is 10.0 Å². The van der Waals surface area contributed by atoms with Crippen molar-refractivity contribution in [2.75, 3.05) is 7.11 Å². The molecule has 3 aromatic rings. The Morgan fingerprint density at radius 2 is 1.71 bits per heavy atom. The maximum absolute atomic E-state index is 12.4. The minimum atomic E-state index is -3.70. The highest BCUT2D eigenvalue weighted by molar-refractivity contribution is 7.89. The molecule has 7 nitrogen and oxygen atoms in total. The lowest BCUT2D eigenvalue weighted by molar-refractivity contribution is 0.412. The standard InChI is InChI=1S/C20H17N3O4S/c1-26-17-4-6-18(7-5-17)27-20-12-16(10-11-22-20)14-23-28(24,25)19-8-2-15(13-21)3-9-19/h2-12,23H,14H2,1H3. The van der Waals surface area contributed by atoms with Crippen LogP contribution < -0.4 is 14.2 Å². The van der Waals surface area contributed by atoms with Crippen molar-refractivity contribution in [3.05, 3.63) is 78.0 Å². The number of rotatable bonds is 7. The Morgan fingerprint density at radius 1 is 1.04 bits per heavy atom. The van der Waals surface area contributed by atoms with E-state index in [1.807, 2.05) is 6.07 Å². The van der Waals surface area contributed by atoms with Crippen molar-refractivity contribution in [1.29, 1.82) is 5.26 Å². The predicted molar refractivity (Wildman–Crippen MR) is 102 cm³/mol. The van der Waals surface area contributed by atoms with E-state index in [1.165, 1.54) is 24.3 Å². The number of aromatic nitrogens is 1. The van der Waals surface area contributed by atoms with Gasteiger partial charge in [-0.15, -0.1) is 0 Å². The third-order valence-corrected chi connectivity index (χ3v) is 5.26. The van der Waals surface area contributed by atoms with Gasteiger partial charge in [-0.25, -0.2) is 18.1 Å². The van der Waals surface area contributed by atoms with Crippen molar-refractivity contribution < 1.29 is 17.9 Å². The molecule has 0 spiro atoms. The van der Waals surface area contributed by atoms with Crippen LogP contribution in [0.3, 0.4) is 0 Å². The summed E-state index contributed by atoms with van der Waals surface area (Å²) in [5, 5.41) is 8.80. The van der Waals surface area contributed by atoms with Gasteiger partial charge in [-0.2, -0.15) is 5.26 Å². The summed E-state index contributed by atoms with van der Waals surface area (Å²) in [6, 6.07) is 18.1. The number of nitrogens with zero attached hydrogens (tertiary/aromatic N) is 2. The second-order valence-electron chi connectivity index (χ2n) is 5.74. The topological polar surface area (TPSA) is 101 Å². The highest BCUT2D eigenvalue weighted by atomic mass is 32.2. The molecule has 0 radical (unpaired) electrons. The van der Waals surface area contributed by atoms with E-state index in [1.54, 1.807) is 49.7 Å². The number of pyridine rings is 1. The number of nitriles is 1. The number of hydrogen-bond acceptors (Lipinski definition) is 6. The lowest BCUT2D eigenvalue weighted by Gasteiger charge is -2.09. The van der Waals surface area contributed by atoms with Gasteiger partial charge in [-0.1, -0.05) is 0 Å². The summed E-state index contributed by atoms with van der Waals surface area (Å²) in [6.45, 7) is 0.0732. The third kappa shape index (κ3) is 4.85. The van der Waals surface area contributed by atoms with Gasteiger partial charge in [-0.05, 0) is 60.2 Å². The van der Waals surface area contributed by atoms with Crippen LogP contribution in [0.1, 0.15) is 11.1 Å². The summed E-state index contributed by atoms with van der Waals surface area (Å²) in [7, 11) is -2.11. The first-order chi connectivity index (χ1) is 13.5. The van der Waals surface area contributed by atoms with Gasteiger partial charge in [0.05, 0.1) is 23.6 Å². The molecule has 1 N–H and O–H groups in total. The predicted octanol–water partition coefficient (Wildman–Crippen LogP) is 3.23. The highest BCUT2D eigenvalue weighted by Gasteiger charge is 2.14. The molecule has 1 aromatic heterocycles. The number of benzene rings is 2. The number of methoxy groups -OCH3 is 1. The molecule has 1 heterocycles. The van der Waals surface area contributed by atoms with E-state index in [2.05, 4.69) is 9.71 Å². The minimum absolute atomic E-state index is 0.0732. The lowest BCUT2D eigenvalue weighted by Crippen LogP contribution is -2.23. The molecule has 0 aliphatic carbocycles. The first-order valence-electron chi connectivity index (χ1n) is 8.27. The zero-order valence-corrected chi connectivity index (χ0v) is 15.8. The molecular weight excluding hydrogens is 378 g/mol. The molecule has 0 saturated carbocycles. The second-order valence-corrected chi connectivity index (χ2v) is 7.51. The van der Waals surface area contributed by atoms with Gasteiger partial charge in [0.1, 0.15) is 11.5 Å². The van der Waals surface area contributed by atoms with E-state index in [0.717, 1.165) is 0 Å². The molecule has 0 bridgehead atoms. The van der Waals surface area contributed by atoms with Gasteiger partial charge in [0.25, 0.3) is 0 Å². The lowest BCUT2D eigenvalue weighted by atomic mass is 10.2. The van der Waals surface area contributed by atoms with Crippen molar-refractivity contribution in [3.8, 4) is 23.4 Å². The monoisotopic (exact) mass is 395 g/mol. The number of hydrogen-bond donors (Lipinski definition) is 1. The van der Waals surface area contributed by atoms with Crippen LogP contribution in [-0.4, -0.2) is 20.5 Å². The molecular formula is C20H17N3O4S. The van der Waals surface area contributed by atoms with Gasteiger partial charge >= 0.3 is 0 Å². The molecule has 2 aromatic carbocycles. The van der Waals surface area contributed by atoms with Crippen molar-refractivity contribution in [3.63, 3.8) is 0 Å². The maximum atomic E-state index is 12.4. The second kappa shape index (κ2) is 8.52. The van der Waals surface area contributed by atoms with Gasteiger partial charge < -0.3 is 9.47 Å². The average Bonchev–Trinajstić information content (AvgIpc) is 2.73. The molecule has 8 heteroatoms. The Kier molecular flexibility index (Phi) is 5.89. The number of sulfonamides is 1. The van der Waals surface area contributed by atoms with E-state index in [0.29, 0.717) is 28.5 Å². The molecule has 0 unspecified atom stereocenters. The molecule has 0 amide bonds. The first kappa shape index (κ1) is 19.4. The molecule has 0 fully saturated rings. The Bertz CT molecular complexity index is 1090. The maximum Gasteiger partial charge on any atom is 0.240 e. The molecule has 28 heavy (non-hydrogen) atoms. The number of nitrogens with one attached hydrogen (secondary N) is 1. The van der Waals surface area contributed by atoms with Crippen LogP contribution in [-0.2, 0) is 16.6 Å². The van der Waals surface area contributed by atoms with Gasteiger partial charge in [0, 0.05) is 18.8 Å². The van der Waals surface area contributed by atoms with Crippen LogP contribution in [0.4, 0.5) is 0 Å². The fourth-order valence-electron chi connectivity index (χ4n) is 2.35. The van der Waals surface area contributed by atoms with E-state index in [-0.39, 0.29) is 11.4 Å². The van der Waals surface area contributed by atoms with E-state index in [4.69, 9.17) is 14.7 Å². The van der Waals surface area contributed by atoms with Crippen molar-refractivity contribution in [2.24, 2.45) is 0 Å². The normalized spacial score (nSPS) is 10.9. The molecule has 142 valence electrons. The highest BCUT2D eigenvalue weighted by Crippen LogP contribution is 2.23. The zero-order valence-electron chi connectivity index (χ0n) is 15.0. The van der Waals surface area contributed by atoms with E-state index in [9.17, 15) is 8.42 Å². The number of ether oxygens (including phenoxy) is 2. The third-order valence-electron chi connectivity index (χ3n) is 3.84. The largest absolute Gasteiger partial charge is 0.497 e. The van der Waals surface area contributed by atoms with Crippen LogP contribution >= 0.6 is 0 Å². The van der Waals surface area contributed by atoms with Crippen molar-refractivity contribution in [1.82, 2.24) is 9.71 Å². The summed E-state index contributed by atoms with van der Waals surface area (Å²) in [5.41, 5.74) is 1.09. The van der Waals surface area contributed by atoms with Crippen LogP contribution in [0.2, 0.25) is 0 Å². The fourth-order valence-corrected chi connectivity index (χ4v) is 3.37. The van der Waals surface area contributed by atoms with Crippen molar-refractivity contribution in [2.45, 2.75) is 11.4 Å². The Labute approximate surface area is 163 Å². The van der Waals surface area contributed by atoms with E-state index < -0.39 is 10.0 Å². The van der Waals surface area contributed by atoms with Gasteiger partial charge in [-0.3, -0.25) is 0 Å². The van der Waals surface area contributed by atoms with Crippen LogP contribution in [0, 0.1) is 11.3 Å². The summed E-state index contributed by atoms with van der Waals surface area (Å²) in [4.78, 5) is 4.23. The van der Waals surface area contributed by atoms with Crippen LogP contribution in [0.15, 0.2) is 71.8 Å². The Hall–Kier alpha value is -3.41. The van der Waals surface area contributed by atoms with Gasteiger partial charge in [0.2, 0.25) is 15.9 Å². The molecule has 0 saturated heterocycles. The van der Waals surface area contributed by atoms with Crippen LogP contribution in [0.5, 0.6) is 17.4 Å². The Morgan fingerprint density at radius 3 is 2.36 bits per heavy atom. The molecule has 3 rings (SSSR count). The molecule has 0 atom stereocenters. The van der Waals surface area contributed by atoms with E-state index >= 15 is 0 Å². The Balaban J connectivity index is 1.67. The fraction of sp³-hybridized carbons (Fsp3) is 0.100. The molecule has 0 aliphatic rings. The summed E-state index contributed by atoms with van der Waals surface area (Å²) >= 11 is 0. The average molecular weight is 395 g/mol. The smallest absolute Gasteiger partial charge is 0.240 e. The minimum Gasteiger partial charge on any atom is -0.497 e. The summed E-state index contributed by atoms with van der Waals surface area (Å²) in [5.74, 6) is 1.65. The SMILES string of the molecule is COc1ccc(Oc2cc(CNS(=O)(=O)c3ccc(C#N)cc3)ccn2)cc1. The summed E-state index contributed by atoms with van der Waals surface area (Å²) in [6.07, 6.45) is 1.55. The quantitative estimate of drug-likeness (QED) is 0.659.